The summed E-state index contributed by atoms with van der Waals surface area (Å²) in [6, 6.07) is 10.8. The number of carbonyl (C=O) groups is 2. The van der Waals surface area contributed by atoms with Crippen molar-refractivity contribution < 1.29 is 14.0 Å². The second-order valence-electron chi connectivity index (χ2n) is 8.26. The predicted molar refractivity (Wildman–Crippen MR) is 119 cm³/mol. The molecule has 2 aromatic heterocycles. The number of rotatable bonds is 8. The lowest BCUT2D eigenvalue weighted by molar-refractivity contribution is -0.117. The van der Waals surface area contributed by atoms with Crippen LogP contribution in [0, 0.1) is 0 Å². The Morgan fingerprint density at radius 2 is 1.94 bits per heavy atom. The molecule has 3 aromatic rings. The van der Waals surface area contributed by atoms with Gasteiger partial charge in [0.05, 0.1) is 12.6 Å². The number of aryl methyl sites for hydroxylation is 1. The largest absolute Gasteiger partial charge is 0.465 e. The Morgan fingerprint density at radius 1 is 1.16 bits per heavy atom. The highest BCUT2D eigenvalue weighted by Gasteiger charge is 2.17. The van der Waals surface area contributed by atoms with Gasteiger partial charge in [-0.3, -0.25) is 9.59 Å². The summed E-state index contributed by atoms with van der Waals surface area (Å²) >= 11 is 0. The van der Waals surface area contributed by atoms with E-state index in [4.69, 9.17) is 4.42 Å². The predicted octanol–water partition coefficient (Wildman–Crippen LogP) is 3.75. The Labute approximate surface area is 182 Å². The van der Waals surface area contributed by atoms with Crippen LogP contribution in [0.2, 0.25) is 0 Å². The van der Waals surface area contributed by atoms with Crippen LogP contribution in [0.1, 0.15) is 48.9 Å². The second-order valence-corrected chi connectivity index (χ2v) is 8.26. The van der Waals surface area contributed by atoms with Crippen molar-refractivity contribution in [3.8, 4) is 0 Å². The molecule has 7 nitrogen and oxygen atoms in total. The Morgan fingerprint density at radius 3 is 2.55 bits per heavy atom. The monoisotopic (exact) mass is 420 g/mol. The first-order valence-electron chi connectivity index (χ1n) is 10.2. The molecule has 3 rings (SSSR count). The summed E-state index contributed by atoms with van der Waals surface area (Å²) in [6.45, 7) is 7.54. The Balaban J connectivity index is 1.65. The van der Waals surface area contributed by atoms with Crippen LogP contribution >= 0.6 is 0 Å². The van der Waals surface area contributed by atoms with Crippen molar-refractivity contribution >= 4 is 17.9 Å². The first-order chi connectivity index (χ1) is 14.8. The first-order valence-corrected chi connectivity index (χ1v) is 10.2. The molecule has 2 amide bonds. The van der Waals surface area contributed by atoms with Crippen molar-refractivity contribution in [3.05, 3.63) is 84.0 Å². The number of aromatic nitrogens is 2. The van der Waals surface area contributed by atoms with Gasteiger partial charge in [0.15, 0.2) is 0 Å². The summed E-state index contributed by atoms with van der Waals surface area (Å²) in [4.78, 5) is 29.5. The summed E-state index contributed by atoms with van der Waals surface area (Å²) in [7, 11) is 0. The van der Waals surface area contributed by atoms with E-state index in [0.29, 0.717) is 17.9 Å². The van der Waals surface area contributed by atoms with Gasteiger partial charge in [0.1, 0.15) is 11.5 Å². The van der Waals surface area contributed by atoms with Crippen LogP contribution in [-0.2, 0) is 16.8 Å². The third kappa shape index (κ3) is 6.44. The third-order valence-corrected chi connectivity index (χ3v) is 4.77. The number of imidazole rings is 1. The molecule has 0 saturated heterocycles. The van der Waals surface area contributed by atoms with Gasteiger partial charge in [-0.15, -0.1) is 0 Å². The normalized spacial score (nSPS) is 11.9. The summed E-state index contributed by atoms with van der Waals surface area (Å²) < 4.78 is 7.25. The fourth-order valence-electron chi connectivity index (χ4n) is 2.97. The lowest BCUT2D eigenvalue weighted by atomic mass is 9.87. The van der Waals surface area contributed by atoms with Crippen LogP contribution in [0.3, 0.4) is 0 Å². The maximum atomic E-state index is 12.8. The van der Waals surface area contributed by atoms with Gasteiger partial charge in [0.2, 0.25) is 0 Å². The van der Waals surface area contributed by atoms with Crippen LogP contribution in [0.5, 0.6) is 0 Å². The molecule has 1 aromatic carbocycles. The first kappa shape index (κ1) is 22.1. The summed E-state index contributed by atoms with van der Waals surface area (Å²) in [6.07, 6.45) is 9.08. The zero-order valence-electron chi connectivity index (χ0n) is 18.1. The van der Waals surface area contributed by atoms with Crippen LogP contribution in [0.15, 0.2) is 71.5 Å². The van der Waals surface area contributed by atoms with Crippen molar-refractivity contribution in [1.82, 2.24) is 20.2 Å². The van der Waals surface area contributed by atoms with Crippen LogP contribution in [0.25, 0.3) is 6.08 Å². The number of amides is 2. The highest BCUT2D eigenvalue weighted by molar-refractivity contribution is 6.05. The van der Waals surface area contributed by atoms with Crippen molar-refractivity contribution in [2.75, 3.05) is 6.54 Å². The van der Waals surface area contributed by atoms with Gasteiger partial charge >= 0.3 is 0 Å². The number of nitrogens with zero attached hydrogens (tertiary/aromatic N) is 2. The van der Waals surface area contributed by atoms with E-state index >= 15 is 0 Å². The van der Waals surface area contributed by atoms with Crippen molar-refractivity contribution in [2.24, 2.45) is 0 Å². The van der Waals surface area contributed by atoms with E-state index in [2.05, 4.69) is 36.4 Å². The SMILES string of the molecule is CC(C)(C)c1ccc(C(=O)N/C(=C/c2ccco2)C(=O)NCCCn2ccnc2)cc1. The van der Waals surface area contributed by atoms with E-state index in [0.717, 1.165) is 18.5 Å². The summed E-state index contributed by atoms with van der Waals surface area (Å²) in [5.41, 5.74) is 1.73. The third-order valence-electron chi connectivity index (χ3n) is 4.77. The lowest BCUT2D eigenvalue weighted by Gasteiger charge is -2.19. The number of hydrogen-bond acceptors (Lipinski definition) is 4. The van der Waals surface area contributed by atoms with Crippen molar-refractivity contribution in [1.29, 1.82) is 0 Å². The molecule has 0 aliphatic heterocycles. The topological polar surface area (TPSA) is 89.2 Å². The molecule has 162 valence electrons. The molecule has 0 atom stereocenters. The number of benzene rings is 1. The molecule has 0 saturated carbocycles. The molecule has 0 spiro atoms. The van der Waals surface area contributed by atoms with E-state index in [1.165, 1.54) is 12.3 Å². The number of nitrogens with one attached hydrogen (secondary N) is 2. The van der Waals surface area contributed by atoms with Crippen molar-refractivity contribution in [2.45, 2.75) is 39.2 Å². The Bertz CT molecular complexity index is 1010. The average molecular weight is 421 g/mol. The fourth-order valence-corrected chi connectivity index (χ4v) is 2.97. The van der Waals surface area contributed by atoms with Gasteiger partial charge in [-0.2, -0.15) is 0 Å². The Hall–Kier alpha value is -3.61. The highest BCUT2D eigenvalue weighted by Crippen LogP contribution is 2.22. The maximum Gasteiger partial charge on any atom is 0.267 e. The number of carbonyl (C=O) groups excluding carboxylic acids is 2. The molecule has 0 radical (unpaired) electrons. The number of hydrogen-bond donors (Lipinski definition) is 2. The van der Waals surface area contributed by atoms with Crippen molar-refractivity contribution in [3.63, 3.8) is 0 Å². The molecule has 2 heterocycles. The van der Waals surface area contributed by atoms with Gasteiger partial charge in [-0.1, -0.05) is 32.9 Å². The molecular formula is C24H28N4O3. The molecule has 0 aliphatic rings. The molecule has 7 heteroatoms. The number of furan rings is 1. The maximum absolute atomic E-state index is 12.8. The molecule has 0 fully saturated rings. The van der Waals surface area contributed by atoms with Gasteiger partial charge in [-0.25, -0.2) is 4.98 Å². The molecule has 0 bridgehead atoms. The van der Waals surface area contributed by atoms with Gasteiger partial charge in [0.25, 0.3) is 11.8 Å². The minimum atomic E-state index is -0.373. The quantitative estimate of drug-likeness (QED) is 0.429. The molecular weight excluding hydrogens is 392 g/mol. The van der Waals surface area contributed by atoms with Crippen LogP contribution in [0.4, 0.5) is 0 Å². The van der Waals surface area contributed by atoms with Crippen LogP contribution in [-0.4, -0.2) is 27.9 Å². The minimum absolute atomic E-state index is 0.00401. The summed E-state index contributed by atoms with van der Waals surface area (Å²) in [5.74, 6) is -0.250. The van der Waals surface area contributed by atoms with Gasteiger partial charge in [-0.05, 0) is 41.7 Å². The average Bonchev–Trinajstić information content (AvgIpc) is 3.44. The van der Waals surface area contributed by atoms with Gasteiger partial charge in [0, 0.05) is 37.1 Å². The summed E-state index contributed by atoms with van der Waals surface area (Å²) in [5, 5.41) is 5.57. The standard InChI is InChI=1S/C24H28N4O3/c1-24(2,3)19-9-7-18(8-10-19)22(29)27-21(16-20-6-4-15-31-20)23(30)26-11-5-13-28-14-12-25-17-28/h4,6-10,12,14-17H,5,11,13H2,1-3H3,(H,26,30)(H,27,29)/b21-16+. The fraction of sp³-hybridized carbons (Fsp3) is 0.292. The smallest absolute Gasteiger partial charge is 0.267 e. The second kappa shape index (κ2) is 9.93. The molecule has 0 aliphatic carbocycles. The van der Waals surface area contributed by atoms with Gasteiger partial charge < -0.3 is 19.6 Å². The van der Waals surface area contributed by atoms with E-state index in [1.807, 2.05) is 22.9 Å². The van der Waals surface area contributed by atoms with E-state index in [-0.39, 0.29) is 22.9 Å². The Kier molecular flexibility index (Phi) is 7.07. The zero-order valence-corrected chi connectivity index (χ0v) is 18.1. The molecule has 0 unspecified atom stereocenters. The highest BCUT2D eigenvalue weighted by atomic mass is 16.3. The minimum Gasteiger partial charge on any atom is -0.465 e. The van der Waals surface area contributed by atoms with E-state index < -0.39 is 0 Å². The lowest BCUT2D eigenvalue weighted by Crippen LogP contribution is -2.35. The molecule has 31 heavy (non-hydrogen) atoms. The molecule has 2 N–H and O–H groups in total. The van der Waals surface area contributed by atoms with Crippen LogP contribution < -0.4 is 10.6 Å². The van der Waals surface area contributed by atoms with E-state index in [1.54, 1.807) is 36.8 Å². The van der Waals surface area contributed by atoms with E-state index in [9.17, 15) is 9.59 Å². The zero-order chi connectivity index (χ0) is 22.3.